The molecule has 1 aromatic heterocycles. The van der Waals surface area contributed by atoms with Crippen molar-refractivity contribution in [2.24, 2.45) is 0 Å². The molecule has 116 valence electrons. The number of aliphatic hydroxyl groups is 1. The zero-order chi connectivity index (χ0) is 15.9. The molecular formula is C17H21N3O2. The maximum absolute atomic E-state index is 13.0. The van der Waals surface area contributed by atoms with E-state index in [1.807, 2.05) is 45.0 Å². The third-order valence-electron chi connectivity index (χ3n) is 4.55. The molecule has 1 aliphatic heterocycles. The molecular weight excluding hydrogens is 278 g/mol. The Kier molecular flexibility index (Phi) is 3.74. The highest BCUT2D eigenvalue weighted by Gasteiger charge is 2.35. The first kappa shape index (κ1) is 14.8. The van der Waals surface area contributed by atoms with Crippen molar-refractivity contribution < 1.29 is 9.90 Å². The largest absolute Gasteiger partial charge is 0.396 e. The van der Waals surface area contributed by atoms with Gasteiger partial charge < -0.3 is 10.0 Å². The Balaban J connectivity index is 1.94. The Hall–Kier alpha value is -2.14. The first-order valence-electron chi connectivity index (χ1n) is 7.57. The van der Waals surface area contributed by atoms with Gasteiger partial charge >= 0.3 is 0 Å². The van der Waals surface area contributed by atoms with Crippen LogP contribution in [0.3, 0.4) is 0 Å². The van der Waals surface area contributed by atoms with Crippen molar-refractivity contribution >= 4 is 11.6 Å². The first-order valence-corrected chi connectivity index (χ1v) is 7.57. The standard InChI is InChI=1S/C17H21N3O2/c1-10(16-11(2)18-19-12(16)3)17(22)20-8-13(9-21)14-6-4-5-7-15(14)20/h4-7,10,13,21H,8-9H2,1-3H3,(H,18,19). The Morgan fingerprint density at radius 1 is 1.45 bits per heavy atom. The molecule has 2 N–H and O–H groups in total. The van der Waals surface area contributed by atoms with Crippen molar-refractivity contribution in [1.29, 1.82) is 0 Å². The van der Waals surface area contributed by atoms with Crippen LogP contribution in [0, 0.1) is 13.8 Å². The SMILES string of the molecule is Cc1n[nH]c(C)c1C(C)C(=O)N1CC(CO)c2ccccc21. The van der Waals surface area contributed by atoms with Gasteiger partial charge in [0.1, 0.15) is 0 Å². The van der Waals surface area contributed by atoms with Crippen molar-refractivity contribution in [1.82, 2.24) is 10.2 Å². The van der Waals surface area contributed by atoms with Gasteiger partial charge in [-0.3, -0.25) is 9.89 Å². The topological polar surface area (TPSA) is 69.2 Å². The molecule has 0 saturated heterocycles. The van der Waals surface area contributed by atoms with Crippen molar-refractivity contribution in [2.75, 3.05) is 18.1 Å². The minimum absolute atomic E-state index is 0.00102. The van der Waals surface area contributed by atoms with E-state index in [2.05, 4.69) is 10.2 Å². The summed E-state index contributed by atoms with van der Waals surface area (Å²) in [4.78, 5) is 14.8. The summed E-state index contributed by atoms with van der Waals surface area (Å²) >= 11 is 0. The predicted octanol–water partition coefficient (Wildman–Crippen LogP) is 2.25. The van der Waals surface area contributed by atoms with Crippen molar-refractivity contribution in [3.8, 4) is 0 Å². The quantitative estimate of drug-likeness (QED) is 0.913. The van der Waals surface area contributed by atoms with Crippen LogP contribution in [0.2, 0.25) is 0 Å². The molecule has 0 aliphatic carbocycles. The fraction of sp³-hybridized carbons (Fsp3) is 0.412. The number of aliphatic hydroxyl groups excluding tert-OH is 1. The number of benzene rings is 1. The van der Waals surface area contributed by atoms with E-state index in [0.717, 1.165) is 28.2 Å². The number of aromatic amines is 1. The molecule has 5 nitrogen and oxygen atoms in total. The number of para-hydroxylation sites is 1. The third kappa shape index (κ3) is 2.22. The zero-order valence-electron chi connectivity index (χ0n) is 13.1. The van der Waals surface area contributed by atoms with Crippen LogP contribution in [-0.4, -0.2) is 34.4 Å². The van der Waals surface area contributed by atoms with Gasteiger partial charge in [-0.1, -0.05) is 18.2 Å². The Labute approximate surface area is 130 Å². The van der Waals surface area contributed by atoms with E-state index in [1.165, 1.54) is 0 Å². The molecule has 2 unspecified atom stereocenters. The number of H-pyrrole nitrogens is 1. The number of carbonyl (C=O) groups excluding carboxylic acids is 1. The van der Waals surface area contributed by atoms with Crippen LogP contribution in [0.1, 0.15) is 41.3 Å². The third-order valence-corrected chi connectivity index (χ3v) is 4.55. The molecule has 1 amide bonds. The zero-order valence-corrected chi connectivity index (χ0v) is 13.1. The van der Waals surface area contributed by atoms with Crippen LogP contribution in [0.4, 0.5) is 5.69 Å². The molecule has 2 aromatic rings. The molecule has 0 radical (unpaired) electrons. The lowest BCUT2D eigenvalue weighted by Gasteiger charge is -2.22. The maximum Gasteiger partial charge on any atom is 0.234 e. The second-order valence-electron chi connectivity index (χ2n) is 5.96. The number of aryl methyl sites for hydroxylation is 2. The van der Waals surface area contributed by atoms with Gasteiger partial charge in [0.15, 0.2) is 0 Å². The number of anilines is 1. The van der Waals surface area contributed by atoms with Gasteiger partial charge in [-0.05, 0) is 32.4 Å². The number of rotatable bonds is 3. The van der Waals surface area contributed by atoms with E-state index < -0.39 is 0 Å². The average Bonchev–Trinajstić information content (AvgIpc) is 3.06. The van der Waals surface area contributed by atoms with Gasteiger partial charge in [0, 0.05) is 29.4 Å². The highest BCUT2D eigenvalue weighted by molar-refractivity contribution is 6.00. The molecule has 0 fully saturated rings. The number of carbonyl (C=O) groups is 1. The average molecular weight is 299 g/mol. The van der Waals surface area contributed by atoms with Crippen molar-refractivity contribution in [3.63, 3.8) is 0 Å². The Morgan fingerprint density at radius 2 is 2.18 bits per heavy atom. The number of aromatic nitrogens is 2. The molecule has 22 heavy (non-hydrogen) atoms. The van der Waals surface area contributed by atoms with Crippen molar-refractivity contribution in [3.05, 3.63) is 46.8 Å². The molecule has 0 bridgehead atoms. The Bertz CT molecular complexity index is 688. The smallest absolute Gasteiger partial charge is 0.234 e. The lowest BCUT2D eigenvalue weighted by atomic mass is 9.97. The second-order valence-corrected chi connectivity index (χ2v) is 5.96. The fourth-order valence-corrected chi connectivity index (χ4v) is 3.42. The van der Waals surface area contributed by atoms with E-state index in [4.69, 9.17) is 0 Å². The molecule has 1 aromatic carbocycles. The molecule has 0 spiro atoms. The maximum atomic E-state index is 13.0. The van der Waals surface area contributed by atoms with Crippen LogP contribution in [-0.2, 0) is 4.79 Å². The lowest BCUT2D eigenvalue weighted by Crippen LogP contribution is -2.34. The number of amides is 1. The fourth-order valence-electron chi connectivity index (χ4n) is 3.42. The monoisotopic (exact) mass is 299 g/mol. The van der Waals surface area contributed by atoms with E-state index in [0.29, 0.717) is 6.54 Å². The highest BCUT2D eigenvalue weighted by Crippen LogP contribution is 2.38. The number of hydrogen-bond acceptors (Lipinski definition) is 3. The highest BCUT2D eigenvalue weighted by atomic mass is 16.3. The number of fused-ring (bicyclic) bond motifs is 1. The van der Waals surface area contributed by atoms with Gasteiger partial charge in [-0.25, -0.2) is 0 Å². The van der Waals surface area contributed by atoms with E-state index in [1.54, 1.807) is 4.90 Å². The summed E-state index contributed by atoms with van der Waals surface area (Å²) in [7, 11) is 0. The van der Waals surface area contributed by atoms with E-state index >= 15 is 0 Å². The van der Waals surface area contributed by atoms with Crippen LogP contribution < -0.4 is 4.90 Å². The van der Waals surface area contributed by atoms with Crippen LogP contribution in [0.25, 0.3) is 0 Å². The minimum atomic E-state index is -0.260. The predicted molar refractivity (Wildman–Crippen MR) is 85.1 cm³/mol. The Morgan fingerprint density at radius 3 is 2.82 bits per heavy atom. The molecule has 3 rings (SSSR count). The lowest BCUT2D eigenvalue weighted by molar-refractivity contribution is -0.119. The number of nitrogens with zero attached hydrogens (tertiary/aromatic N) is 2. The summed E-state index contributed by atoms with van der Waals surface area (Å²) in [6, 6.07) is 7.81. The second kappa shape index (κ2) is 5.57. The molecule has 2 atom stereocenters. The molecule has 2 heterocycles. The summed E-state index contributed by atoms with van der Waals surface area (Å²) in [6.07, 6.45) is 0. The van der Waals surface area contributed by atoms with E-state index in [-0.39, 0.29) is 24.3 Å². The van der Waals surface area contributed by atoms with Gasteiger partial charge in [-0.2, -0.15) is 5.10 Å². The molecule has 0 saturated carbocycles. The van der Waals surface area contributed by atoms with Crippen LogP contribution in [0.15, 0.2) is 24.3 Å². The first-order chi connectivity index (χ1) is 10.5. The van der Waals surface area contributed by atoms with Gasteiger partial charge in [0.2, 0.25) is 5.91 Å². The number of nitrogens with one attached hydrogen (secondary N) is 1. The van der Waals surface area contributed by atoms with Crippen LogP contribution >= 0.6 is 0 Å². The normalized spacial score (nSPS) is 18.4. The van der Waals surface area contributed by atoms with E-state index in [9.17, 15) is 9.90 Å². The molecule has 1 aliphatic rings. The van der Waals surface area contributed by atoms with Crippen molar-refractivity contribution in [2.45, 2.75) is 32.6 Å². The number of hydrogen-bond donors (Lipinski definition) is 2. The van der Waals surface area contributed by atoms with Gasteiger partial charge in [-0.15, -0.1) is 0 Å². The summed E-state index contributed by atoms with van der Waals surface area (Å²) in [5.41, 5.74) is 4.73. The van der Waals surface area contributed by atoms with Crippen LogP contribution in [0.5, 0.6) is 0 Å². The molecule has 5 heteroatoms. The summed E-state index contributed by atoms with van der Waals surface area (Å²) < 4.78 is 0. The summed E-state index contributed by atoms with van der Waals surface area (Å²) in [5, 5.41) is 16.7. The summed E-state index contributed by atoms with van der Waals surface area (Å²) in [6.45, 7) is 6.36. The summed E-state index contributed by atoms with van der Waals surface area (Å²) in [5.74, 6) is -0.209. The minimum Gasteiger partial charge on any atom is -0.396 e. The van der Waals surface area contributed by atoms with Gasteiger partial charge in [0.05, 0.1) is 18.2 Å². The van der Waals surface area contributed by atoms with Gasteiger partial charge in [0.25, 0.3) is 0 Å².